The summed E-state index contributed by atoms with van der Waals surface area (Å²) in [6.07, 6.45) is 1.19. The van der Waals surface area contributed by atoms with Crippen molar-refractivity contribution in [3.8, 4) is 0 Å². The van der Waals surface area contributed by atoms with Crippen LogP contribution >= 0.6 is 11.6 Å². The molecule has 5 heteroatoms. The molecule has 2 saturated heterocycles. The molecule has 4 nitrogen and oxygen atoms in total. The first-order valence-corrected chi connectivity index (χ1v) is 8.48. The van der Waals surface area contributed by atoms with Crippen LogP contribution in [0.15, 0.2) is 24.3 Å². The Morgan fingerprint density at radius 2 is 2.17 bits per heavy atom. The van der Waals surface area contributed by atoms with Gasteiger partial charge in [0.05, 0.1) is 21.8 Å². The van der Waals surface area contributed by atoms with Gasteiger partial charge in [-0.05, 0) is 45.0 Å². The van der Waals surface area contributed by atoms with E-state index in [-0.39, 0.29) is 5.91 Å². The standard InChI is InChI=1S/C18H20ClN3O/c1-11-14(8-12-4-3-5-15(19)17(12)20-11)18(23)22-9-13-6-7-21(2)16(13)10-22/h3-5,8,13,16H,6-7,9-10H2,1-2H3/t13-,16+/m1/s1. The summed E-state index contributed by atoms with van der Waals surface area (Å²) in [7, 11) is 2.16. The molecular weight excluding hydrogens is 310 g/mol. The zero-order valence-corrected chi connectivity index (χ0v) is 14.2. The summed E-state index contributed by atoms with van der Waals surface area (Å²) in [6.45, 7) is 4.72. The lowest BCUT2D eigenvalue weighted by Gasteiger charge is -2.21. The second kappa shape index (κ2) is 5.46. The van der Waals surface area contributed by atoms with E-state index < -0.39 is 0 Å². The smallest absolute Gasteiger partial charge is 0.255 e. The first kappa shape index (κ1) is 14.9. The van der Waals surface area contributed by atoms with E-state index in [1.165, 1.54) is 6.42 Å². The largest absolute Gasteiger partial charge is 0.337 e. The predicted molar refractivity (Wildman–Crippen MR) is 91.9 cm³/mol. The van der Waals surface area contributed by atoms with Gasteiger partial charge in [0.1, 0.15) is 0 Å². The molecule has 0 radical (unpaired) electrons. The predicted octanol–water partition coefficient (Wildman–Crippen LogP) is 2.97. The van der Waals surface area contributed by atoms with Gasteiger partial charge >= 0.3 is 0 Å². The number of likely N-dealkylation sites (N-methyl/N-ethyl adjacent to an activating group) is 1. The van der Waals surface area contributed by atoms with Gasteiger partial charge in [0.15, 0.2) is 0 Å². The number of nitrogens with zero attached hydrogens (tertiary/aromatic N) is 3. The Bertz CT molecular complexity index is 791. The number of rotatable bonds is 1. The van der Waals surface area contributed by atoms with Crippen molar-refractivity contribution in [2.24, 2.45) is 5.92 Å². The molecule has 2 atom stereocenters. The van der Waals surface area contributed by atoms with Crippen molar-refractivity contribution in [1.82, 2.24) is 14.8 Å². The number of likely N-dealkylation sites (tertiary alicyclic amines) is 2. The van der Waals surface area contributed by atoms with Crippen LogP contribution in [0, 0.1) is 12.8 Å². The van der Waals surface area contributed by atoms with Crippen LogP contribution in [0.4, 0.5) is 0 Å². The van der Waals surface area contributed by atoms with Gasteiger partial charge in [-0.2, -0.15) is 0 Å². The van der Waals surface area contributed by atoms with Gasteiger partial charge in [0.25, 0.3) is 5.91 Å². The third kappa shape index (κ3) is 2.41. The summed E-state index contributed by atoms with van der Waals surface area (Å²) >= 11 is 6.21. The normalized spacial score (nSPS) is 24.4. The lowest BCUT2D eigenvalue weighted by atomic mass is 10.1. The maximum Gasteiger partial charge on any atom is 0.255 e. The van der Waals surface area contributed by atoms with Gasteiger partial charge < -0.3 is 9.80 Å². The molecule has 0 spiro atoms. The summed E-state index contributed by atoms with van der Waals surface area (Å²) in [6, 6.07) is 8.13. The first-order chi connectivity index (χ1) is 11.0. The molecule has 0 aliphatic carbocycles. The lowest BCUT2D eigenvalue weighted by Crippen LogP contribution is -2.35. The molecule has 0 saturated carbocycles. The third-order valence-electron chi connectivity index (χ3n) is 5.33. The number of aryl methyl sites for hydroxylation is 1. The van der Waals surface area contributed by atoms with Gasteiger partial charge in [-0.1, -0.05) is 23.7 Å². The van der Waals surface area contributed by atoms with Crippen LogP contribution in [0.25, 0.3) is 10.9 Å². The number of carbonyl (C=O) groups is 1. The monoisotopic (exact) mass is 329 g/mol. The van der Waals surface area contributed by atoms with E-state index in [2.05, 4.69) is 16.9 Å². The average molecular weight is 330 g/mol. The Labute approximate surface area is 141 Å². The van der Waals surface area contributed by atoms with Gasteiger partial charge in [0, 0.05) is 24.5 Å². The van der Waals surface area contributed by atoms with Crippen molar-refractivity contribution >= 4 is 28.4 Å². The Morgan fingerprint density at radius 3 is 2.96 bits per heavy atom. The highest BCUT2D eigenvalue weighted by Gasteiger charge is 2.41. The minimum Gasteiger partial charge on any atom is -0.337 e. The topological polar surface area (TPSA) is 36.4 Å². The summed E-state index contributed by atoms with van der Waals surface area (Å²) in [4.78, 5) is 21.9. The van der Waals surface area contributed by atoms with Crippen molar-refractivity contribution in [2.75, 3.05) is 26.7 Å². The summed E-state index contributed by atoms with van der Waals surface area (Å²) in [5, 5.41) is 1.55. The molecule has 2 aliphatic rings. The molecule has 23 heavy (non-hydrogen) atoms. The van der Waals surface area contributed by atoms with Crippen molar-refractivity contribution < 1.29 is 4.79 Å². The van der Waals surface area contributed by atoms with Crippen LogP contribution in [0.1, 0.15) is 22.5 Å². The van der Waals surface area contributed by atoms with Crippen LogP contribution in [0.3, 0.4) is 0 Å². The van der Waals surface area contributed by atoms with E-state index in [1.807, 2.05) is 36.1 Å². The lowest BCUT2D eigenvalue weighted by molar-refractivity contribution is 0.0773. The van der Waals surface area contributed by atoms with Crippen LogP contribution in [0.2, 0.25) is 5.02 Å². The molecule has 1 aromatic heterocycles. The fraction of sp³-hybridized carbons (Fsp3) is 0.444. The summed E-state index contributed by atoms with van der Waals surface area (Å²) < 4.78 is 0. The Hall–Kier alpha value is -1.65. The second-order valence-corrected chi connectivity index (χ2v) is 7.15. The Balaban J connectivity index is 1.67. The van der Waals surface area contributed by atoms with Crippen molar-refractivity contribution in [1.29, 1.82) is 0 Å². The fourth-order valence-corrected chi connectivity index (χ4v) is 4.20. The summed E-state index contributed by atoms with van der Waals surface area (Å²) in [5.41, 5.74) is 2.21. The minimum absolute atomic E-state index is 0.0969. The molecule has 1 aromatic carbocycles. The molecule has 3 heterocycles. The number of pyridine rings is 1. The number of amides is 1. The zero-order valence-electron chi connectivity index (χ0n) is 13.4. The second-order valence-electron chi connectivity index (χ2n) is 6.74. The maximum atomic E-state index is 13.0. The van der Waals surface area contributed by atoms with Crippen molar-refractivity contribution in [3.05, 3.63) is 40.5 Å². The van der Waals surface area contributed by atoms with E-state index >= 15 is 0 Å². The Morgan fingerprint density at radius 1 is 1.35 bits per heavy atom. The van der Waals surface area contributed by atoms with E-state index in [0.717, 1.165) is 36.2 Å². The van der Waals surface area contributed by atoms with E-state index in [1.54, 1.807) is 0 Å². The van der Waals surface area contributed by atoms with Crippen molar-refractivity contribution in [3.63, 3.8) is 0 Å². The molecule has 0 N–H and O–H groups in total. The van der Waals surface area contributed by atoms with Gasteiger partial charge in [-0.25, -0.2) is 0 Å². The molecule has 0 unspecified atom stereocenters. The number of carbonyl (C=O) groups excluding carboxylic acids is 1. The molecule has 2 aromatic rings. The quantitative estimate of drug-likeness (QED) is 0.807. The van der Waals surface area contributed by atoms with Crippen molar-refractivity contribution in [2.45, 2.75) is 19.4 Å². The number of hydrogen-bond donors (Lipinski definition) is 0. The minimum atomic E-state index is 0.0969. The number of hydrogen-bond acceptors (Lipinski definition) is 3. The highest BCUT2D eigenvalue weighted by Crippen LogP contribution is 2.32. The van der Waals surface area contributed by atoms with E-state index in [4.69, 9.17) is 11.6 Å². The van der Waals surface area contributed by atoms with Crippen LogP contribution in [0.5, 0.6) is 0 Å². The third-order valence-corrected chi connectivity index (χ3v) is 5.63. The zero-order chi connectivity index (χ0) is 16.1. The first-order valence-electron chi connectivity index (χ1n) is 8.10. The molecule has 0 bridgehead atoms. The van der Waals surface area contributed by atoms with Gasteiger partial charge in [-0.3, -0.25) is 9.78 Å². The molecule has 2 fully saturated rings. The number of aromatic nitrogens is 1. The van der Waals surface area contributed by atoms with Gasteiger partial charge in [-0.15, -0.1) is 0 Å². The fourth-order valence-electron chi connectivity index (χ4n) is 3.98. The van der Waals surface area contributed by atoms with E-state index in [0.29, 0.717) is 22.5 Å². The number of para-hydroxylation sites is 1. The molecule has 4 rings (SSSR count). The molecule has 120 valence electrons. The summed E-state index contributed by atoms with van der Waals surface area (Å²) in [5.74, 6) is 0.715. The number of fused-ring (bicyclic) bond motifs is 2. The molecular formula is C18H20ClN3O. The molecule has 2 aliphatic heterocycles. The van der Waals surface area contributed by atoms with E-state index in [9.17, 15) is 4.79 Å². The highest BCUT2D eigenvalue weighted by atomic mass is 35.5. The van der Waals surface area contributed by atoms with Crippen LogP contribution in [-0.4, -0.2) is 53.4 Å². The van der Waals surface area contributed by atoms with Crippen LogP contribution in [-0.2, 0) is 0 Å². The van der Waals surface area contributed by atoms with Crippen LogP contribution < -0.4 is 0 Å². The highest BCUT2D eigenvalue weighted by molar-refractivity contribution is 6.35. The van der Waals surface area contributed by atoms with Gasteiger partial charge in [0.2, 0.25) is 0 Å². The molecule has 1 amide bonds. The average Bonchev–Trinajstić information content (AvgIpc) is 3.10. The number of halogens is 1. The maximum absolute atomic E-state index is 13.0. The number of benzene rings is 1. The SMILES string of the molecule is Cc1nc2c(Cl)cccc2cc1C(=O)N1C[C@H]2CCN(C)[C@H]2C1. The Kier molecular flexibility index (Phi) is 3.54.